The van der Waals surface area contributed by atoms with Crippen molar-refractivity contribution in [3.8, 4) is 11.3 Å². The highest BCUT2D eigenvalue weighted by Gasteiger charge is 2.07. The molecule has 0 aliphatic heterocycles. The first kappa shape index (κ1) is 10.9. The van der Waals surface area contributed by atoms with E-state index in [1.54, 1.807) is 12.4 Å². The maximum absolute atomic E-state index is 5.55. The number of nitrogens with zero attached hydrogens (tertiary/aromatic N) is 2. The Morgan fingerprint density at radius 2 is 2.06 bits per heavy atom. The highest BCUT2D eigenvalue weighted by Crippen LogP contribution is 2.26. The van der Waals surface area contributed by atoms with Gasteiger partial charge < -0.3 is 10.7 Å². The van der Waals surface area contributed by atoms with Crippen molar-refractivity contribution in [1.82, 2.24) is 15.0 Å². The summed E-state index contributed by atoms with van der Waals surface area (Å²) in [7, 11) is 0. The molecule has 3 N–H and O–H groups in total. The first-order valence-corrected chi connectivity index (χ1v) is 5.96. The lowest BCUT2D eigenvalue weighted by Gasteiger charge is -2.01. The number of fused-ring (bicyclic) bond motifs is 1. The van der Waals surface area contributed by atoms with Crippen LogP contribution in [0.3, 0.4) is 0 Å². The summed E-state index contributed by atoms with van der Waals surface area (Å²) in [5.74, 6) is 0. The molecule has 1 aromatic carbocycles. The number of nitrogens with two attached hydrogens (primary N) is 1. The number of benzene rings is 1. The van der Waals surface area contributed by atoms with E-state index in [0.29, 0.717) is 6.54 Å². The van der Waals surface area contributed by atoms with Crippen LogP contribution in [0.15, 0.2) is 42.9 Å². The van der Waals surface area contributed by atoms with Crippen molar-refractivity contribution >= 4 is 10.9 Å². The molecule has 90 valence electrons. The van der Waals surface area contributed by atoms with Crippen LogP contribution in [-0.2, 0) is 6.42 Å². The van der Waals surface area contributed by atoms with Gasteiger partial charge in [-0.2, -0.15) is 0 Å². The Morgan fingerprint density at radius 3 is 2.94 bits per heavy atom. The third kappa shape index (κ3) is 1.87. The van der Waals surface area contributed by atoms with Crippen molar-refractivity contribution in [2.75, 3.05) is 6.54 Å². The fraction of sp³-hybridized carbons (Fsp3) is 0.143. The zero-order valence-electron chi connectivity index (χ0n) is 9.93. The summed E-state index contributed by atoms with van der Waals surface area (Å²) in [5.41, 5.74) is 9.55. The Hall–Kier alpha value is -2.20. The zero-order valence-corrected chi connectivity index (χ0v) is 9.93. The molecule has 0 fully saturated rings. The Bertz CT molecular complexity index is 672. The molecule has 3 aromatic rings. The second kappa shape index (κ2) is 4.58. The van der Waals surface area contributed by atoms with E-state index in [4.69, 9.17) is 5.73 Å². The second-order valence-corrected chi connectivity index (χ2v) is 4.18. The molecule has 3 rings (SSSR count). The van der Waals surface area contributed by atoms with Crippen molar-refractivity contribution in [3.05, 3.63) is 48.5 Å². The van der Waals surface area contributed by atoms with E-state index in [9.17, 15) is 0 Å². The molecular formula is C14H14N4. The van der Waals surface area contributed by atoms with E-state index in [-0.39, 0.29) is 0 Å². The largest absolute Gasteiger partial charge is 0.360 e. The molecule has 2 heterocycles. The number of aromatic amines is 1. The van der Waals surface area contributed by atoms with Crippen LogP contribution < -0.4 is 5.73 Å². The molecule has 18 heavy (non-hydrogen) atoms. The van der Waals surface area contributed by atoms with Crippen molar-refractivity contribution < 1.29 is 0 Å². The predicted molar refractivity (Wildman–Crippen MR) is 72.1 cm³/mol. The average Bonchev–Trinajstić information content (AvgIpc) is 2.83. The number of H-pyrrole nitrogens is 1. The van der Waals surface area contributed by atoms with E-state index < -0.39 is 0 Å². The fourth-order valence-corrected chi connectivity index (χ4v) is 2.09. The van der Waals surface area contributed by atoms with Gasteiger partial charge in [-0.15, -0.1) is 0 Å². The molecule has 0 radical (unpaired) electrons. The lowest BCUT2D eigenvalue weighted by Crippen LogP contribution is -2.05. The lowest BCUT2D eigenvalue weighted by atomic mass is 10.1. The number of nitrogens with one attached hydrogen (secondary N) is 1. The quantitative estimate of drug-likeness (QED) is 0.734. The number of hydrogen-bond acceptors (Lipinski definition) is 3. The molecule has 0 aliphatic rings. The highest BCUT2D eigenvalue weighted by molar-refractivity contribution is 5.94. The first-order valence-electron chi connectivity index (χ1n) is 5.96. The third-order valence-corrected chi connectivity index (χ3v) is 2.95. The van der Waals surface area contributed by atoms with Gasteiger partial charge in [0.15, 0.2) is 0 Å². The maximum atomic E-state index is 5.55. The van der Waals surface area contributed by atoms with Gasteiger partial charge in [0.25, 0.3) is 0 Å². The van der Waals surface area contributed by atoms with E-state index in [2.05, 4.69) is 27.1 Å². The van der Waals surface area contributed by atoms with Gasteiger partial charge in [-0.1, -0.05) is 18.2 Å². The van der Waals surface area contributed by atoms with E-state index >= 15 is 0 Å². The topological polar surface area (TPSA) is 67.6 Å². The van der Waals surface area contributed by atoms with Crippen LogP contribution in [0.25, 0.3) is 22.2 Å². The molecule has 0 amide bonds. The Labute approximate surface area is 105 Å². The van der Waals surface area contributed by atoms with Gasteiger partial charge in [0, 0.05) is 35.3 Å². The van der Waals surface area contributed by atoms with E-state index in [1.165, 1.54) is 0 Å². The number of hydrogen-bond donors (Lipinski definition) is 2. The van der Waals surface area contributed by atoms with Gasteiger partial charge in [0.05, 0.1) is 17.6 Å². The lowest BCUT2D eigenvalue weighted by molar-refractivity contribution is 0.911. The zero-order chi connectivity index (χ0) is 12.4. The molecule has 0 saturated heterocycles. The summed E-state index contributed by atoms with van der Waals surface area (Å²) >= 11 is 0. The van der Waals surface area contributed by atoms with Gasteiger partial charge in [0.2, 0.25) is 0 Å². The summed E-state index contributed by atoms with van der Waals surface area (Å²) in [6.07, 6.45) is 6.28. The monoisotopic (exact) mass is 238 g/mol. The van der Waals surface area contributed by atoms with E-state index in [0.717, 1.165) is 34.3 Å². The van der Waals surface area contributed by atoms with Gasteiger partial charge in [-0.05, 0) is 12.6 Å². The molecule has 2 aromatic heterocycles. The molecular weight excluding hydrogens is 224 g/mol. The Morgan fingerprint density at radius 1 is 1.17 bits per heavy atom. The standard InChI is InChI=1S/C14H14N4/c15-6-5-10-7-16-9-14(18-10)12-8-17-13-4-2-1-3-11(12)13/h1-4,7-9,17H,5-6,15H2. The molecule has 4 nitrogen and oxygen atoms in total. The van der Waals surface area contributed by atoms with Crippen LogP contribution in [0.1, 0.15) is 5.69 Å². The van der Waals surface area contributed by atoms with Crippen LogP contribution in [0.2, 0.25) is 0 Å². The second-order valence-electron chi connectivity index (χ2n) is 4.18. The van der Waals surface area contributed by atoms with Crippen molar-refractivity contribution in [2.45, 2.75) is 6.42 Å². The Balaban J connectivity index is 2.11. The molecule has 0 bridgehead atoms. The van der Waals surface area contributed by atoms with Gasteiger partial charge in [0.1, 0.15) is 0 Å². The summed E-state index contributed by atoms with van der Waals surface area (Å²) in [6, 6.07) is 8.17. The minimum Gasteiger partial charge on any atom is -0.360 e. The maximum Gasteiger partial charge on any atom is 0.0909 e. The van der Waals surface area contributed by atoms with Crippen molar-refractivity contribution in [2.24, 2.45) is 5.73 Å². The fourth-order valence-electron chi connectivity index (χ4n) is 2.09. The summed E-state index contributed by atoms with van der Waals surface area (Å²) in [4.78, 5) is 12.1. The van der Waals surface area contributed by atoms with Crippen LogP contribution in [0, 0.1) is 0 Å². The molecule has 0 unspecified atom stereocenters. The van der Waals surface area contributed by atoms with Crippen LogP contribution >= 0.6 is 0 Å². The van der Waals surface area contributed by atoms with Crippen molar-refractivity contribution in [1.29, 1.82) is 0 Å². The summed E-state index contributed by atoms with van der Waals surface area (Å²) < 4.78 is 0. The SMILES string of the molecule is NCCc1cncc(-c2c[nH]c3ccccc23)n1. The third-order valence-electron chi connectivity index (χ3n) is 2.95. The van der Waals surface area contributed by atoms with E-state index in [1.807, 2.05) is 18.3 Å². The normalized spacial score (nSPS) is 10.9. The summed E-state index contributed by atoms with van der Waals surface area (Å²) in [5, 5.41) is 1.16. The summed E-state index contributed by atoms with van der Waals surface area (Å²) in [6.45, 7) is 0.589. The predicted octanol–water partition coefficient (Wildman–Crippen LogP) is 2.13. The van der Waals surface area contributed by atoms with Crippen LogP contribution in [0.5, 0.6) is 0 Å². The van der Waals surface area contributed by atoms with Gasteiger partial charge in [-0.25, -0.2) is 4.98 Å². The smallest absolute Gasteiger partial charge is 0.0909 e. The minimum atomic E-state index is 0.589. The molecule has 0 atom stereocenters. The molecule has 4 heteroatoms. The van der Waals surface area contributed by atoms with Gasteiger partial charge >= 0.3 is 0 Å². The first-order chi connectivity index (χ1) is 8.88. The average molecular weight is 238 g/mol. The number of aromatic nitrogens is 3. The van der Waals surface area contributed by atoms with Crippen LogP contribution in [0.4, 0.5) is 0 Å². The Kier molecular flexibility index (Phi) is 2.78. The molecule has 0 saturated carbocycles. The van der Waals surface area contributed by atoms with Gasteiger partial charge in [-0.3, -0.25) is 4.98 Å². The minimum absolute atomic E-state index is 0.589. The number of rotatable bonds is 3. The number of para-hydroxylation sites is 1. The molecule has 0 aliphatic carbocycles. The van der Waals surface area contributed by atoms with Crippen molar-refractivity contribution in [3.63, 3.8) is 0 Å². The van der Waals surface area contributed by atoms with Crippen LogP contribution in [-0.4, -0.2) is 21.5 Å². The highest BCUT2D eigenvalue weighted by atomic mass is 14.8. The molecule has 0 spiro atoms.